The van der Waals surface area contributed by atoms with Gasteiger partial charge in [0.2, 0.25) is 0 Å². The van der Waals surface area contributed by atoms with Crippen LogP contribution in [0.25, 0.3) is 0 Å². The molecule has 0 fully saturated rings. The Balaban J connectivity index is 2.32. The normalized spacial score (nSPS) is 25.2. The lowest BCUT2D eigenvalue weighted by molar-refractivity contribution is 0.163. The van der Waals surface area contributed by atoms with Crippen molar-refractivity contribution in [2.75, 3.05) is 0 Å². The van der Waals surface area contributed by atoms with Gasteiger partial charge >= 0.3 is 0 Å². The largest absolute Gasteiger partial charge is 0.382 e. The molecule has 2 unspecified atom stereocenters. The van der Waals surface area contributed by atoms with Gasteiger partial charge in [0.25, 0.3) is 0 Å². The van der Waals surface area contributed by atoms with E-state index in [1.807, 2.05) is 42.5 Å². The van der Waals surface area contributed by atoms with Crippen LogP contribution in [-0.4, -0.2) is 23.5 Å². The van der Waals surface area contributed by atoms with E-state index in [1.165, 1.54) is 0 Å². The van der Waals surface area contributed by atoms with Gasteiger partial charge in [-0.05, 0) is 42.6 Å². The van der Waals surface area contributed by atoms with Crippen molar-refractivity contribution in [3.63, 3.8) is 0 Å². The third-order valence-electron chi connectivity index (χ3n) is 2.92. The molecule has 0 radical (unpaired) electrons. The SMILES string of the molecule is BC(C1=CC(C)(O)C=CC=C1)c1ccccn1. The molecular formula is C14H16BNO. The summed E-state index contributed by atoms with van der Waals surface area (Å²) < 4.78 is 0. The van der Waals surface area contributed by atoms with Crippen LogP contribution in [0.15, 0.2) is 60.3 Å². The minimum Gasteiger partial charge on any atom is -0.382 e. The Morgan fingerprint density at radius 3 is 2.88 bits per heavy atom. The summed E-state index contributed by atoms with van der Waals surface area (Å²) in [5.74, 6) is 0.179. The summed E-state index contributed by atoms with van der Waals surface area (Å²) in [6, 6.07) is 5.90. The molecule has 1 aliphatic rings. The van der Waals surface area contributed by atoms with E-state index >= 15 is 0 Å². The van der Waals surface area contributed by atoms with Gasteiger partial charge in [0, 0.05) is 11.9 Å². The van der Waals surface area contributed by atoms with E-state index < -0.39 is 5.60 Å². The number of pyridine rings is 1. The summed E-state index contributed by atoms with van der Waals surface area (Å²) in [6.45, 7) is 1.78. The quantitative estimate of drug-likeness (QED) is 0.775. The zero-order valence-electron chi connectivity index (χ0n) is 10.2. The first-order valence-corrected chi connectivity index (χ1v) is 5.80. The summed E-state index contributed by atoms with van der Waals surface area (Å²) in [5.41, 5.74) is 1.21. The molecule has 1 aromatic rings. The Hall–Kier alpha value is -1.61. The zero-order valence-corrected chi connectivity index (χ0v) is 10.2. The van der Waals surface area contributed by atoms with Crippen LogP contribution in [0.1, 0.15) is 18.4 Å². The van der Waals surface area contributed by atoms with E-state index in [2.05, 4.69) is 12.8 Å². The van der Waals surface area contributed by atoms with Crippen molar-refractivity contribution in [1.82, 2.24) is 4.98 Å². The predicted octanol–water partition coefficient (Wildman–Crippen LogP) is 1.56. The summed E-state index contributed by atoms with van der Waals surface area (Å²) in [7, 11) is 2.10. The van der Waals surface area contributed by atoms with Crippen LogP contribution in [0, 0.1) is 0 Å². The molecule has 17 heavy (non-hydrogen) atoms. The third kappa shape index (κ3) is 2.95. The van der Waals surface area contributed by atoms with E-state index in [0.717, 1.165) is 11.3 Å². The first kappa shape index (κ1) is 11.9. The molecule has 86 valence electrons. The minimum atomic E-state index is -0.887. The second-order valence-corrected chi connectivity index (χ2v) is 4.56. The lowest BCUT2D eigenvalue weighted by Gasteiger charge is -2.18. The van der Waals surface area contributed by atoms with Gasteiger partial charge in [0.05, 0.1) is 5.60 Å². The maximum atomic E-state index is 10.1. The molecule has 1 N–H and O–H groups in total. The summed E-state index contributed by atoms with van der Waals surface area (Å²) in [4.78, 5) is 4.36. The van der Waals surface area contributed by atoms with Crippen LogP contribution >= 0.6 is 0 Å². The van der Waals surface area contributed by atoms with Crippen molar-refractivity contribution < 1.29 is 5.11 Å². The van der Waals surface area contributed by atoms with Gasteiger partial charge < -0.3 is 5.11 Å². The van der Waals surface area contributed by atoms with Crippen LogP contribution in [0.3, 0.4) is 0 Å². The van der Waals surface area contributed by atoms with Gasteiger partial charge in [0.15, 0.2) is 0 Å². The van der Waals surface area contributed by atoms with E-state index in [9.17, 15) is 5.11 Å². The van der Waals surface area contributed by atoms with E-state index in [1.54, 1.807) is 19.2 Å². The van der Waals surface area contributed by atoms with Crippen LogP contribution in [0.4, 0.5) is 0 Å². The molecule has 2 nitrogen and oxygen atoms in total. The molecule has 3 heteroatoms. The van der Waals surface area contributed by atoms with Gasteiger partial charge in [-0.25, -0.2) is 0 Å². The Bertz CT molecular complexity index is 474. The molecule has 2 rings (SSSR count). The van der Waals surface area contributed by atoms with Gasteiger partial charge in [-0.2, -0.15) is 0 Å². The van der Waals surface area contributed by atoms with Crippen LogP contribution in [0.5, 0.6) is 0 Å². The molecule has 1 heterocycles. The molecule has 0 saturated heterocycles. The van der Waals surface area contributed by atoms with Gasteiger partial charge in [-0.15, -0.1) is 0 Å². The molecule has 0 spiro atoms. The maximum Gasteiger partial charge on any atom is 0.118 e. The van der Waals surface area contributed by atoms with Gasteiger partial charge in [-0.1, -0.05) is 24.3 Å². The van der Waals surface area contributed by atoms with Crippen molar-refractivity contribution in [3.05, 3.63) is 66.0 Å². The highest BCUT2D eigenvalue weighted by Gasteiger charge is 2.18. The second kappa shape index (κ2) is 4.72. The third-order valence-corrected chi connectivity index (χ3v) is 2.92. The molecule has 0 aromatic carbocycles. The summed E-state index contributed by atoms with van der Waals surface area (Å²) >= 11 is 0. The predicted molar refractivity (Wildman–Crippen MR) is 72.5 cm³/mol. The molecule has 1 aromatic heterocycles. The summed E-state index contributed by atoms with van der Waals surface area (Å²) in [6.07, 6.45) is 11.3. The summed E-state index contributed by atoms with van der Waals surface area (Å²) in [5, 5.41) is 10.1. The number of aliphatic hydroxyl groups is 1. The highest BCUT2D eigenvalue weighted by Crippen LogP contribution is 2.25. The van der Waals surface area contributed by atoms with Crippen molar-refractivity contribution in [1.29, 1.82) is 0 Å². The Morgan fingerprint density at radius 2 is 2.18 bits per heavy atom. The average Bonchev–Trinajstić information content (AvgIpc) is 2.50. The number of hydrogen-bond acceptors (Lipinski definition) is 2. The molecule has 2 atom stereocenters. The smallest absolute Gasteiger partial charge is 0.118 e. The van der Waals surface area contributed by atoms with Crippen molar-refractivity contribution in [3.8, 4) is 0 Å². The van der Waals surface area contributed by atoms with E-state index in [-0.39, 0.29) is 5.82 Å². The highest BCUT2D eigenvalue weighted by molar-refractivity contribution is 6.14. The zero-order chi connectivity index (χ0) is 12.3. The number of allylic oxidation sites excluding steroid dienone is 4. The van der Waals surface area contributed by atoms with Crippen LogP contribution < -0.4 is 0 Å². The first-order chi connectivity index (χ1) is 8.08. The fourth-order valence-corrected chi connectivity index (χ4v) is 1.92. The molecule has 0 amide bonds. The molecule has 1 aliphatic carbocycles. The van der Waals surface area contributed by atoms with Gasteiger partial charge in [0.1, 0.15) is 7.85 Å². The monoisotopic (exact) mass is 225 g/mol. The average molecular weight is 225 g/mol. The fraction of sp³-hybridized carbons (Fsp3) is 0.214. The molecule has 0 aliphatic heterocycles. The van der Waals surface area contributed by atoms with E-state index in [4.69, 9.17) is 0 Å². The molecular weight excluding hydrogens is 209 g/mol. The van der Waals surface area contributed by atoms with Crippen molar-refractivity contribution in [2.24, 2.45) is 0 Å². The molecule has 0 saturated carbocycles. The lowest BCUT2D eigenvalue weighted by Crippen LogP contribution is -2.18. The lowest BCUT2D eigenvalue weighted by atomic mass is 9.76. The Morgan fingerprint density at radius 1 is 1.35 bits per heavy atom. The Kier molecular flexibility index (Phi) is 3.29. The van der Waals surface area contributed by atoms with E-state index in [0.29, 0.717) is 0 Å². The number of hydrogen-bond donors (Lipinski definition) is 1. The van der Waals surface area contributed by atoms with Crippen LogP contribution in [-0.2, 0) is 0 Å². The topological polar surface area (TPSA) is 33.1 Å². The van der Waals surface area contributed by atoms with Gasteiger partial charge in [-0.3, -0.25) is 4.98 Å². The second-order valence-electron chi connectivity index (χ2n) is 4.56. The van der Waals surface area contributed by atoms with Crippen LogP contribution in [0.2, 0.25) is 0 Å². The minimum absolute atomic E-state index is 0.179. The number of nitrogens with zero attached hydrogens (tertiary/aromatic N) is 1. The first-order valence-electron chi connectivity index (χ1n) is 5.80. The Labute approximate surface area is 103 Å². The van der Waals surface area contributed by atoms with Crippen molar-refractivity contribution in [2.45, 2.75) is 18.3 Å². The standard InChI is InChI=1S/C14H16BNO/c1-14(17)8-4-2-6-11(10-14)13(15)12-7-3-5-9-16-12/h2-10,13,17H,15H2,1H3. The highest BCUT2D eigenvalue weighted by atomic mass is 16.3. The van der Waals surface area contributed by atoms with Crippen molar-refractivity contribution >= 4 is 7.85 Å². The number of rotatable bonds is 2. The molecule has 0 bridgehead atoms. The maximum absolute atomic E-state index is 10.1. The number of aromatic nitrogens is 1. The fourth-order valence-electron chi connectivity index (χ4n) is 1.92.